The van der Waals surface area contributed by atoms with Gasteiger partial charge in [0.2, 0.25) is 10.0 Å². The van der Waals surface area contributed by atoms with Crippen LogP contribution in [-0.4, -0.2) is 15.0 Å². The van der Waals surface area contributed by atoms with E-state index in [4.69, 9.17) is 4.74 Å². The lowest BCUT2D eigenvalue weighted by molar-refractivity contribution is 0.357. The highest BCUT2D eigenvalue weighted by Crippen LogP contribution is 2.25. The Morgan fingerprint density at radius 1 is 1.19 bits per heavy atom. The van der Waals surface area contributed by atoms with E-state index in [0.29, 0.717) is 11.5 Å². The van der Waals surface area contributed by atoms with Gasteiger partial charge in [0.1, 0.15) is 5.75 Å². The maximum Gasteiger partial charge on any atom is 0.240 e. The summed E-state index contributed by atoms with van der Waals surface area (Å²) in [4.78, 5) is 0.298. The van der Waals surface area contributed by atoms with Gasteiger partial charge in [0, 0.05) is 13.0 Å². The maximum atomic E-state index is 12.3. The Hall–Kier alpha value is -1.85. The molecule has 0 saturated carbocycles. The molecule has 0 amide bonds. The van der Waals surface area contributed by atoms with E-state index < -0.39 is 10.0 Å². The van der Waals surface area contributed by atoms with Crippen molar-refractivity contribution in [2.24, 2.45) is 0 Å². The molecule has 5 heteroatoms. The van der Waals surface area contributed by atoms with E-state index in [1.54, 1.807) is 18.2 Å². The molecule has 0 radical (unpaired) electrons. The van der Waals surface area contributed by atoms with Crippen LogP contribution in [-0.2, 0) is 23.0 Å². The van der Waals surface area contributed by atoms with Crippen molar-refractivity contribution in [2.75, 3.05) is 6.61 Å². The molecule has 1 N–H and O–H groups in total. The average Bonchev–Trinajstić information content (AvgIpc) is 2.93. The smallest absolute Gasteiger partial charge is 0.240 e. The molecule has 4 nitrogen and oxygen atoms in total. The molecule has 0 aromatic heterocycles. The summed E-state index contributed by atoms with van der Waals surface area (Å²) >= 11 is 0. The number of hydrogen-bond acceptors (Lipinski definition) is 3. The fraction of sp³-hybridized carbons (Fsp3) is 0.250. The number of sulfonamides is 1. The summed E-state index contributed by atoms with van der Waals surface area (Å²) in [6, 6.07) is 12.7. The molecule has 21 heavy (non-hydrogen) atoms. The van der Waals surface area contributed by atoms with E-state index in [2.05, 4.69) is 4.72 Å². The van der Waals surface area contributed by atoms with E-state index in [1.807, 2.05) is 31.2 Å². The van der Waals surface area contributed by atoms with Gasteiger partial charge in [-0.3, -0.25) is 0 Å². The summed E-state index contributed by atoms with van der Waals surface area (Å²) in [7, 11) is -3.48. The van der Waals surface area contributed by atoms with Crippen molar-refractivity contribution in [1.29, 1.82) is 0 Å². The third-order valence-electron chi connectivity index (χ3n) is 3.52. The van der Waals surface area contributed by atoms with E-state index in [0.717, 1.165) is 28.9 Å². The highest BCUT2D eigenvalue weighted by molar-refractivity contribution is 7.89. The first-order chi connectivity index (χ1) is 10.0. The number of benzene rings is 2. The summed E-state index contributed by atoms with van der Waals surface area (Å²) in [5, 5.41) is 0. The Balaban J connectivity index is 1.75. The second-order valence-corrected chi connectivity index (χ2v) is 6.95. The number of ether oxygens (including phenoxy) is 1. The van der Waals surface area contributed by atoms with E-state index in [-0.39, 0.29) is 6.54 Å². The Morgan fingerprint density at radius 3 is 2.86 bits per heavy atom. The lowest BCUT2D eigenvalue weighted by Gasteiger charge is -2.08. The summed E-state index contributed by atoms with van der Waals surface area (Å²) < 4.78 is 32.6. The van der Waals surface area contributed by atoms with Gasteiger partial charge in [0.05, 0.1) is 11.5 Å². The van der Waals surface area contributed by atoms with E-state index in [9.17, 15) is 8.42 Å². The van der Waals surface area contributed by atoms with Crippen molar-refractivity contribution >= 4 is 10.0 Å². The fourth-order valence-corrected chi connectivity index (χ4v) is 3.52. The number of rotatable bonds is 4. The molecular formula is C16H17NO3S. The fourth-order valence-electron chi connectivity index (χ4n) is 2.39. The van der Waals surface area contributed by atoms with Crippen LogP contribution < -0.4 is 9.46 Å². The molecule has 1 aliphatic heterocycles. The summed E-state index contributed by atoms with van der Waals surface area (Å²) in [5.41, 5.74) is 3.00. The molecule has 0 unspecified atom stereocenters. The third-order valence-corrected chi connectivity index (χ3v) is 4.92. The summed E-state index contributed by atoms with van der Waals surface area (Å²) in [6.45, 7) is 2.86. The maximum absolute atomic E-state index is 12.3. The third kappa shape index (κ3) is 3.09. The number of hydrogen-bond donors (Lipinski definition) is 1. The van der Waals surface area contributed by atoms with Crippen LogP contribution in [0, 0.1) is 6.92 Å². The lowest BCUT2D eigenvalue weighted by atomic mass is 10.1. The predicted octanol–water partition coefficient (Wildman–Crippen LogP) is 2.41. The second kappa shape index (κ2) is 5.50. The zero-order valence-corrected chi connectivity index (χ0v) is 12.6. The summed E-state index contributed by atoms with van der Waals surface area (Å²) in [6.07, 6.45) is 0.883. The first-order valence-electron chi connectivity index (χ1n) is 6.85. The van der Waals surface area contributed by atoms with Crippen molar-refractivity contribution in [3.05, 3.63) is 59.2 Å². The Bertz CT molecular complexity index is 769. The number of nitrogens with one attached hydrogen (secondary N) is 1. The zero-order valence-electron chi connectivity index (χ0n) is 11.8. The minimum atomic E-state index is -3.48. The molecule has 2 aromatic rings. The summed E-state index contributed by atoms with van der Waals surface area (Å²) in [5.74, 6) is 0.903. The molecule has 0 atom stereocenters. The van der Waals surface area contributed by atoms with E-state index in [1.165, 1.54) is 0 Å². The molecule has 0 saturated heterocycles. The van der Waals surface area contributed by atoms with Crippen molar-refractivity contribution in [3.8, 4) is 5.75 Å². The largest absolute Gasteiger partial charge is 0.493 e. The first kappa shape index (κ1) is 14.1. The molecule has 0 spiro atoms. The van der Waals surface area contributed by atoms with Gasteiger partial charge in [0.25, 0.3) is 0 Å². The SMILES string of the molecule is Cc1cccc(S(=O)(=O)NCc2ccc3c(c2)CCO3)c1. The van der Waals surface area contributed by atoms with Crippen LogP contribution in [0.3, 0.4) is 0 Å². The standard InChI is InChI=1S/C16H17NO3S/c1-12-3-2-4-15(9-12)21(18,19)17-11-13-5-6-16-14(10-13)7-8-20-16/h2-6,9-10,17H,7-8,11H2,1H3. The number of aryl methyl sites for hydroxylation is 1. The van der Waals surface area contributed by atoms with Crippen LogP contribution in [0.4, 0.5) is 0 Å². The highest BCUT2D eigenvalue weighted by atomic mass is 32.2. The van der Waals surface area contributed by atoms with Crippen molar-refractivity contribution in [2.45, 2.75) is 24.8 Å². The molecule has 1 heterocycles. The van der Waals surface area contributed by atoms with Gasteiger partial charge in [-0.05, 0) is 41.8 Å². The molecular weight excluding hydrogens is 286 g/mol. The average molecular weight is 303 g/mol. The molecule has 0 fully saturated rings. The van der Waals surface area contributed by atoms with Gasteiger partial charge in [-0.15, -0.1) is 0 Å². The van der Waals surface area contributed by atoms with Gasteiger partial charge in [-0.2, -0.15) is 0 Å². The molecule has 0 aliphatic carbocycles. The lowest BCUT2D eigenvalue weighted by Crippen LogP contribution is -2.23. The first-order valence-corrected chi connectivity index (χ1v) is 8.34. The zero-order chi connectivity index (χ0) is 14.9. The van der Waals surface area contributed by atoms with Gasteiger partial charge in [0.15, 0.2) is 0 Å². The van der Waals surface area contributed by atoms with Gasteiger partial charge < -0.3 is 4.74 Å². The second-order valence-electron chi connectivity index (χ2n) is 5.18. The normalized spacial score (nSPS) is 13.8. The van der Waals surface area contributed by atoms with Crippen LogP contribution in [0.1, 0.15) is 16.7 Å². The number of fused-ring (bicyclic) bond motifs is 1. The van der Waals surface area contributed by atoms with Crippen LogP contribution in [0.25, 0.3) is 0 Å². The minimum Gasteiger partial charge on any atom is -0.493 e. The Kier molecular flexibility index (Phi) is 3.69. The highest BCUT2D eigenvalue weighted by Gasteiger charge is 2.15. The Labute approximate surface area is 124 Å². The van der Waals surface area contributed by atoms with E-state index >= 15 is 0 Å². The molecule has 0 bridgehead atoms. The molecule has 2 aromatic carbocycles. The van der Waals surface area contributed by atoms with Crippen LogP contribution in [0.5, 0.6) is 5.75 Å². The topological polar surface area (TPSA) is 55.4 Å². The van der Waals surface area contributed by atoms with Gasteiger partial charge >= 0.3 is 0 Å². The van der Waals surface area contributed by atoms with Crippen LogP contribution in [0.15, 0.2) is 47.4 Å². The van der Waals surface area contributed by atoms with Gasteiger partial charge in [-0.1, -0.05) is 24.3 Å². The monoisotopic (exact) mass is 303 g/mol. The van der Waals surface area contributed by atoms with Gasteiger partial charge in [-0.25, -0.2) is 13.1 Å². The molecule has 1 aliphatic rings. The predicted molar refractivity (Wildman–Crippen MR) is 80.8 cm³/mol. The van der Waals surface area contributed by atoms with Crippen molar-refractivity contribution < 1.29 is 13.2 Å². The quantitative estimate of drug-likeness (QED) is 0.943. The van der Waals surface area contributed by atoms with Crippen molar-refractivity contribution in [1.82, 2.24) is 4.72 Å². The minimum absolute atomic E-state index is 0.281. The van der Waals surface area contributed by atoms with Crippen LogP contribution >= 0.6 is 0 Å². The molecule has 110 valence electrons. The Morgan fingerprint density at radius 2 is 2.05 bits per heavy atom. The molecule has 3 rings (SSSR count). The van der Waals surface area contributed by atoms with Crippen LogP contribution in [0.2, 0.25) is 0 Å². The van der Waals surface area contributed by atoms with Crippen molar-refractivity contribution in [3.63, 3.8) is 0 Å².